The number of nitrogens with zero attached hydrogens (tertiary/aromatic N) is 3. The van der Waals surface area contributed by atoms with E-state index >= 15 is 0 Å². The van der Waals surface area contributed by atoms with Crippen LogP contribution in [0.4, 0.5) is 0 Å². The molecule has 0 unspecified atom stereocenters. The topological polar surface area (TPSA) is 77.2 Å². The third-order valence-electron chi connectivity index (χ3n) is 2.78. The lowest BCUT2D eigenvalue weighted by Gasteiger charge is -2.09. The van der Waals surface area contributed by atoms with Crippen molar-refractivity contribution in [3.8, 4) is 11.4 Å². The molecule has 1 aromatic heterocycles. The van der Waals surface area contributed by atoms with E-state index in [1.807, 2.05) is 18.2 Å². The van der Waals surface area contributed by atoms with Gasteiger partial charge in [-0.1, -0.05) is 35.5 Å². The number of aliphatic hydroxyl groups excluding tert-OH is 1. The molecule has 1 heterocycles. The number of hydrogen-bond acceptors (Lipinski definition) is 6. The van der Waals surface area contributed by atoms with E-state index in [-0.39, 0.29) is 18.3 Å². The lowest BCUT2D eigenvalue weighted by atomic mass is 10.2. The largest absolute Gasteiger partial charge is 0.465 e. The Morgan fingerprint density at radius 2 is 2.18 bits per heavy atom. The number of ether oxygens (including phenoxy) is 1. The summed E-state index contributed by atoms with van der Waals surface area (Å²) in [4.78, 5) is 11.4. The maximum absolute atomic E-state index is 11.4. The van der Waals surface area contributed by atoms with Crippen LogP contribution in [0.3, 0.4) is 0 Å². The zero-order valence-electron chi connectivity index (χ0n) is 12.0. The number of thioether (sulfide) groups is 1. The summed E-state index contributed by atoms with van der Waals surface area (Å²) >= 11 is 7.40. The summed E-state index contributed by atoms with van der Waals surface area (Å²) in [5, 5.41) is 18.6. The quantitative estimate of drug-likeness (QED) is 0.614. The van der Waals surface area contributed by atoms with Gasteiger partial charge in [0, 0.05) is 12.1 Å². The van der Waals surface area contributed by atoms with Crippen LogP contribution in [0.15, 0.2) is 29.4 Å². The number of esters is 1. The van der Waals surface area contributed by atoms with E-state index in [4.69, 9.17) is 16.3 Å². The highest BCUT2D eigenvalue weighted by atomic mass is 35.5. The predicted octanol–water partition coefficient (Wildman–Crippen LogP) is 2.25. The second kappa shape index (κ2) is 8.17. The minimum atomic E-state index is -0.314. The van der Waals surface area contributed by atoms with E-state index in [1.165, 1.54) is 11.8 Å². The zero-order valence-corrected chi connectivity index (χ0v) is 13.6. The summed E-state index contributed by atoms with van der Waals surface area (Å²) in [6.07, 6.45) is 0. The van der Waals surface area contributed by atoms with Gasteiger partial charge >= 0.3 is 5.97 Å². The summed E-state index contributed by atoms with van der Waals surface area (Å²) in [6.45, 7) is 2.35. The van der Waals surface area contributed by atoms with E-state index in [2.05, 4.69) is 10.2 Å². The molecule has 0 aliphatic rings. The Bertz CT molecular complexity index is 648. The highest BCUT2D eigenvalue weighted by Gasteiger charge is 2.17. The van der Waals surface area contributed by atoms with Crippen LogP contribution in [0.2, 0.25) is 5.02 Å². The second-order valence-corrected chi connectivity index (χ2v) is 5.60. The highest BCUT2D eigenvalue weighted by Crippen LogP contribution is 2.29. The Morgan fingerprint density at radius 3 is 2.86 bits per heavy atom. The number of benzene rings is 1. The molecule has 1 aromatic carbocycles. The molecule has 0 amide bonds. The van der Waals surface area contributed by atoms with Crippen molar-refractivity contribution in [2.45, 2.75) is 18.6 Å². The molecule has 8 heteroatoms. The normalized spacial score (nSPS) is 10.7. The summed E-state index contributed by atoms with van der Waals surface area (Å²) in [6, 6.07) is 7.28. The molecule has 0 aliphatic heterocycles. The Morgan fingerprint density at radius 1 is 1.41 bits per heavy atom. The number of carbonyl (C=O) groups excluding carboxylic acids is 1. The SMILES string of the molecule is CCOC(=O)CSc1nnc(-c2ccccc2Cl)n1CCO. The van der Waals surface area contributed by atoms with Gasteiger partial charge in [0.1, 0.15) is 0 Å². The fourth-order valence-corrected chi connectivity index (χ4v) is 2.85. The van der Waals surface area contributed by atoms with Crippen LogP contribution in [0, 0.1) is 0 Å². The van der Waals surface area contributed by atoms with Gasteiger partial charge in [-0.25, -0.2) is 0 Å². The number of rotatable bonds is 7. The fourth-order valence-electron chi connectivity index (χ4n) is 1.86. The van der Waals surface area contributed by atoms with Gasteiger partial charge in [0.25, 0.3) is 0 Å². The first-order chi connectivity index (χ1) is 10.7. The molecule has 22 heavy (non-hydrogen) atoms. The number of aromatic nitrogens is 3. The van der Waals surface area contributed by atoms with Crippen LogP contribution >= 0.6 is 23.4 Å². The van der Waals surface area contributed by atoms with Gasteiger partial charge in [0.05, 0.1) is 24.0 Å². The Hall–Kier alpha value is -1.57. The van der Waals surface area contributed by atoms with Crippen LogP contribution in [0.25, 0.3) is 11.4 Å². The highest BCUT2D eigenvalue weighted by molar-refractivity contribution is 7.99. The van der Waals surface area contributed by atoms with E-state index < -0.39 is 0 Å². The molecule has 0 bridgehead atoms. The molecule has 1 N–H and O–H groups in total. The second-order valence-electron chi connectivity index (χ2n) is 4.25. The monoisotopic (exact) mass is 341 g/mol. The lowest BCUT2D eigenvalue weighted by molar-refractivity contribution is -0.139. The minimum absolute atomic E-state index is 0.0670. The average molecular weight is 342 g/mol. The number of aliphatic hydroxyl groups is 1. The number of carbonyl (C=O) groups is 1. The molecule has 0 spiro atoms. The Labute approximate surface area is 137 Å². The third-order valence-corrected chi connectivity index (χ3v) is 4.05. The van der Waals surface area contributed by atoms with E-state index in [1.54, 1.807) is 17.6 Å². The molecule has 0 saturated heterocycles. The molecule has 0 atom stereocenters. The maximum Gasteiger partial charge on any atom is 0.316 e. The molecule has 2 aromatic rings. The molecule has 0 saturated carbocycles. The number of hydrogen-bond donors (Lipinski definition) is 1. The van der Waals surface area contributed by atoms with Gasteiger partial charge in [0.2, 0.25) is 0 Å². The van der Waals surface area contributed by atoms with Crippen molar-refractivity contribution in [3.63, 3.8) is 0 Å². The summed E-state index contributed by atoms with van der Waals surface area (Å²) in [5.41, 5.74) is 0.730. The van der Waals surface area contributed by atoms with Crippen LogP contribution in [-0.4, -0.2) is 44.8 Å². The van der Waals surface area contributed by atoms with Gasteiger partial charge in [-0.05, 0) is 19.1 Å². The van der Waals surface area contributed by atoms with Crippen molar-refractivity contribution in [1.82, 2.24) is 14.8 Å². The van der Waals surface area contributed by atoms with Crippen LogP contribution in [0.5, 0.6) is 0 Å². The van der Waals surface area contributed by atoms with Crippen molar-refractivity contribution in [2.75, 3.05) is 19.0 Å². The maximum atomic E-state index is 11.4. The van der Waals surface area contributed by atoms with Gasteiger partial charge in [-0.15, -0.1) is 10.2 Å². The van der Waals surface area contributed by atoms with Crippen molar-refractivity contribution in [1.29, 1.82) is 0 Å². The lowest BCUT2D eigenvalue weighted by Crippen LogP contribution is -2.10. The first-order valence-corrected chi connectivity index (χ1v) is 8.11. The van der Waals surface area contributed by atoms with Crippen molar-refractivity contribution in [2.24, 2.45) is 0 Å². The Kier molecular flexibility index (Phi) is 6.23. The van der Waals surface area contributed by atoms with E-state index in [9.17, 15) is 9.90 Å². The number of halogens is 1. The van der Waals surface area contributed by atoms with Crippen molar-refractivity contribution < 1.29 is 14.6 Å². The molecular formula is C14H16ClN3O3S. The molecule has 6 nitrogen and oxygen atoms in total. The molecule has 118 valence electrons. The summed E-state index contributed by atoms with van der Waals surface area (Å²) in [5.74, 6) is 0.385. The van der Waals surface area contributed by atoms with Gasteiger partial charge in [-0.2, -0.15) is 0 Å². The van der Waals surface area contributed by atoms with Crippen LogP contribution in [-0.2, 0) is 16.1 Å². The van der Waals surface area contributed by atoms with Crippen LogP contribution in [0.1, 0.15) is 6.92 Å². The smallest absolute Gasteiger partial charge is 0.316 e. The fraction of sp³-hybridized carbons (Fsp3) is 0.357. The van der Waals surface area contributed by atoms with Crippen molar-refractivity contribution in [3.05, 3.63) is 29.3 Å². The molecule has 2 rings (SSSR count). The summed E-state index contributed by atoms with van der Waals surface area (Å²) < 4.78 is 6.63. The molecule has 0 fully saturated rings. The third kappa shape index (κ3) is 4.00. The summed E-state index contributed by atoms with van der Waals surface area (Å²) in [7, 11) is 0. The first-order valence-electron chi connectivity index (χ1n) is 6.74. The van der Waals surface area contributed by atoms with Crippen molar-refractivity contribution >= 4 is 29.3 Å². The van der Waals surface area contributed by atoms with Gasteiger partial charge < -0.3 is 9.84 Å². The molecule has 0 aliphatic carbocycles. The van der Waals surface area contributed by atoms with Gasteiger partial charge in [0.15, 0.2) is 11.0 Å². The Balaban J connectivity index is 2.26. The standard InChI is InChI=1S/C14H16ClN3O3S/c1-2-21-12(20)9-22-14-17-16-13(18(14)7-8-19)10-5-3-4-6-11(10)15/h3-6,19H,2,7-9H2,1H3. The van der Waals surface area contributed by atoms with Gasteiger partial charge in [-0.3, -0.25) is 9.36 Å². The minimum Gasteiger partial charge on any atom is -0.465 e. The predicted molar refractivity (Wildman–Crippen MR) is 84.9 cm³/mol. The van der Waals surface area contributed by atoms with E-state index in [0.29, 0.717) is 29.2 Å². The van der Waals surface area contributed by atoms with Crippen LogP contribution < -0.4 is 0 Å². The first kappa shape index (κ1) is 16.8. The molecular weight excluding hydrogens is 326 g/mol. The zero-order chi connectivity index (χ0) is 15.9. The average Bonchev–Trinajstić information content (AvgIpc) is 2.89. The van der Waals surface area contributed by atoms with E-state index in [0.717, 1.165) is 5.56 Å². The molecule has 0 radical (unpaired) electrons.